The quantitative estimate of drug-likeness (QED) is 0.273. The number of nitrogens with one attached hydrogen (secondary N) is 1. The van der Waals surface area contributed by atoms with Gasteiger partial charge in [-0.15, -0.1) is 0 Å². The van der Waals surface area contributed by atoms with Crippen molar-refractivity contribution in [2.75, 3.05) is 7.11 Å². The number of rotatable bonds is 1. The second kappa shape index (κ2) is 7.47. The zero-order valence-corrected chi connectivity index (χ0v) is 21.2. The summed E-state index contributed by atoms with van der Waals surface area (Å²) in [5.41, 5.74) is 2.91. The van der Waals surface area contributed by atoms with Crippen LogP contribution in [0.2, 0.25) is 10.0 Å². The van der Waals surface area contributed by atoms with E-state index in [4.69, 9.17) is 32.7 Å². The number of ether oxygens (including phenoxy) is 2. The molecule has 8 rings (SSSR count). The van der Waals surface area contributed by atoms with Gasteiger partial charge >= 0.3 is 0 Å². The molecule has 1 fully saturated rings. The molecule has 0 spiro atoms. The van der Waals surface area contributed by atoms with E-state index in [0.29, 0.717) is 53.7 Å². The van der Waals surface area contributed by atoms with Gasteiger partial charge in [0.05, 0.1) is 49.8 Å². The number of amides is 2. The van der Waals surface area contributed by atoms with E-state index in [1.54, 1.807) is 28.8 Å². The Morgan fingerprint density at radius 1 is 0.895 bits per heavy atom. The summed E-state index contributed by atoms with van der Waals surface area (Å²) in [7, 11) is 1.45. The molecule has 5 unspecified atom stereocenters. The second-order valence-corrected chi connectivity index (χ2v) is 10.8. The summed E-state index contributed by atoms with van der Waals surface area (Å²) in [6.45, 7) is 0.210. The number of fused-ring (bicyclic) bond motifs is 12. The van der Waals surface area contributed by atoms with Crippen LogP contribution in [-0.4, -0.2) is 62.7 Å². The Kier molecular flexibility index (Phi) is 4.48. The van der Waals surface area contributed by atoms with Gasteiger partial charge in [0.1, 0.15) is 24.4 Å². The lowest BCUT2D eigenvalue weighted by atomic mass is 9.95. The van der Waals surface area contributed by atoms with Gasteiger partial charge in [-0.05, 0) is 12.1 Å². The van der Waals surface area contributed by atoms with Gasteiger partial charge in [0, 0.05) is 28.7 Å². The summed E-state index contributed by atoms with van der Waals surface area (Å²) in [4.78, 5) is 26.6. The number of carbonyl (C=O) groups excluding carboxylic acids is 2. The number of aromatic nitrogens is 2. The van der Waals surface area contributed by atoms with Crippen LogP contribution in [0.4, 0.5) is 0 Å². The van der Waals surface area contributed by atoms with Gasteiger partial charge in [-0.3, -0.25) is 14.9 Å². The van der Waals surface area contributed by atoms with Crippen molar-refractivity contribution in [2.45, 2.75) is 37.2 Å². The van der Waals surface area contributed by atoms with E-state index in [1.165, 1.54) is 7.11 Å². The lowest BCUT2D eigenvalue weighted by molar-refractivity contribution is -0.251. The van der Waals surface area contributed by atoms with Crippen LogP contribution in [0.5, 0.6) is 0 Å². The average Bonchev–Trinajstić information content (AvgIpc) is 3.49. The molecule has 3 N–H and O–H groups in total. The Morgan fingerprint density at radius 2 is 1.50 bits per heavy atom. The molecule has 5 aromatic rings. The number of para-hydroxylation sites is 2. The number of halogens is 2. The van der Waals surface area contributed by atoms with Crippen LogP contribution >= 0.6 is 23.2 Å². The first-order chi connectivity index (χ1) is 18.3. The fourth-order valence-corrected chi connectivity index (χ4v) is 7.34. The monoisotopic (exact) mass is 551 g/mol. The number of imide groups is 1. The summed E-state index contributed by atoms with van der Waals surface area (Å²) >= 11 is 13.6. The van der Waals surface area contributed by atoms with E-state index < -0.39 is 42.5 Å². The summed E-state index contributed by atoms with van der Waals surface area (Å²) in [6, 6.07) is 10.7. The molecule has 5 atom stereocenters. The van der Waals surface area contributed by atoms with Crippen LogP contribution in [0.25, 0.3) is 43.6 Å². The van der Waals surface area contributed by atoms with Crippen molar-refractivity contribution in [3.8, 4) is 0 Å². The highest BCUT2D eigenvalue weighted by Gasteiger charge is 2.49. The molecule has 38 heavy (non-hydrogen) atoms. The molecule has 3 aliphatic rings. The molecule has 0 saturated carbocycles. The van der Waals surface area contributed by atoms with Crippen LogP contribution in [0.15, 0.2) is 36.4 Å². The van der Waals surface area contributed by atoms with Gasteiger partial charge in [-0.2, -0.15) is 0 Å². The van der Waals surface area contributed by atoms with Gasteiger partial charge in [-0.1, -0.05) is 47.5 Å². The molecule has 2 amide bonds. The highest BCUT2D eigenvalue weighted by atomic mass is 35.5. The van der Waals surface area contributed by atoms with E-state index >= 15 is 0 Å². The van der Waals surface area contributed by atoms with Crippen molar-refractivity contribution in [1.29, 1.82) is 0 Å². The minimum absolute atomic E-state index is 0.210. The maximum absolute atomic E-state index is 13.3. The summed E-state index contributed by atoms with van der Waals surface area (Å²) < 4.78 is 15.8. The summed E-state index contributed by atoms with van der Waals surface area (Å²) in [5, 5.41) is 28.2. The Labute approximate surface area is 224 Å². The molecule has 0 radical (unpaired) electrons. The Morgan fingerprint density at radius 3 is 2.16 bits per heavy atom. The Balaban J connectivity index is 1.73. The molecule has 5 heterocycles. The third-order valence-corrected chi connectivity index (χ3v) is 8.82. The zero-order chi connectivity index (χ0) is 26.2. The first kappa shape index (κ1) is 22.8. The second-order valence-electron chi connectivity index (χ2n) is 9.98. The molecule has 2 aromatic heterocycles. The van der Waals surface area contributed by atoms with Crippen LogP contribution in [0.3, 0.4) is 0 Å². The number of hydrogen-bond acceptors (Lipinski definition) is 6. The highest BCUT2D eigenvalue weighted by Crippen LogP contribution is 2.50. The summed E-state index contributed by atoms with van der Waals surface area (Å²) in [5.74, 6) is -1.00. The molecule has 9 nitrogen and oxygen atoms in total. The van der Waals surface area contributed by atoms with Crippen molar-refractivity contribution in [1.82, 2.24) is 14.5 Å². The normalized spacial score (nSPS) is 26.5. The molecule has 192 valence electrons. The van der Waals surface area contributed by atoms with Gasteiger partial charge in [0.2, 0.25) is 0 Å². The van der Waals surface area contributed by atoms with Crippen molar-refractivity contribution < 1.29 is 29.3 Å². The number of hydrogen-bond donors (Lipinski definition) is 3. The van der Waals surface area contributed by atoms with E-state index in [9.17, 15) is 19.8 Å². The maximum Gasteiger partial charge on any atom is 0.259 e. The van der Waals surface area contributed by atoms with Gasteiger partial charge in [0.25, 0.3) is 11.8 Å². The number of nitrogens with zero attached hydrogens (tertiary/aromatic N) is 2. The molecular formula is C27H19Cl2N3O6. The maximum atomic E-state index is 13.3. The van der Waals surface area contributed by atoms with Crippen molar-refractivity contribution in [2.24, 2.45) is 0 Å². The third-order valence-electron chi connectivity index (χ3n) is 8.21. The van der Waals surface area contributed by atoms with Crippen LogP contribution < -0.4 is 5.32 Å². The fraction of sp³-hybridized carbons (Fsp3) is 0.259. The average molecular weight is 552 g/mol. The summed E-state index contributed by atoms with van der Waals surface area (Å²) in [6.07, 6.45) is -5.22. The SMILES string of the molecule is COC1C2Cn3c4c(Cl)cccc4c4c5c(c6c7cccc(Cl)c7n(c6c43)C(O2)C(O)C1O)C(=O)NC5=O. The number of aliphatic hydroxyl groups excluding tert-OH is 2. The van der Waals surface area contributed by atoms with Crippen molar-refractivity contribution in [3.05, 3.63) is 57.6 Å². The largest absolute Gasteiger partial charge is 0.387 e. The number of carbonyl (C=O) groups is 2. The first-order valence-electron chi connectivity index (χ1n) is 12.1. The van der Waals surface area contributed by atoms with Gasteiger partial charge < -0.3 is 28.8 Å². The van der Waals surface area contributed by atoms with Crippen molar-refractivity contribution >= 4 is 78.6 Å². The van der Waals surface area contributed by atoms with E-state index in [0.717, 1.165) is 0 Å². The van der Waals surface area contributed by atoms with Gasteiger partial charge in [0.15, 0.2) is 6.23 Å². The topological polar surface area (TPSA) is 115 Å². The lowest BCUT2D eigenvalue weighted by Crippen LogP contribution is -2.57. The van der Waals surface area contributed by atoms with E-state index in [2.05, 4.69) is 5.32 Å². The molecule has 3 aliphatic heterocycles. The molecule has 0 aliphatic carbocycles. The van der Waals surface area contributed by atoms with E-state index in [1.807, 2.05) is 16.7 Å². The molecule has 1 saturated heterocycles. The minimum atomic E-state index is -1.37. The molecule has 11 heteroatoms. The minimum Gasteiger partial charge on any atom is -0.387 e. The lowest BCUT2D eigenvalue weighted by Gasteiger charge is -2.44. The van der Waals surface area contributed by atoms with Gasteiger partial charge in [-0.25, -0.2) is 0 Å². The number of methoxy groups -OCH3 is 1. The predicted molar refractivity (Wildman–Crippen MR) is 141 cm³/mol. The van der Waals surface area contributed by atoms with Crippen LogP contribution in [-0.2, 0) is 16.0 Å². The number of benzene rings is 3. The molecule has 2 bridgehead atoms. The Hall–Kier alpha value is -3.18. The standard InChI is InChI=1S/C27H19Cl2N3O6/c1-37-24-13-8-31-18-9(4-2-6-11(18)28)14-16-17(26(36)30-25(16)35)15-10-5-3-7-12(29)19(10)32(21(15)20(14)31)27(38-13)23(34)22(24)33/h2-7,13,22-24,27,33-34H,8H2,1H3,(H,30,35,36). The van der Waals surface area contributed by atoms with Crippen LogP contribution in [0, 0.1) is 0 Å². The molecular weight excluding hydrogens is 533 g/mol. The zero-order valence-electron chi connectivity index (χ0n) is 19.7. The van der Waals surface area contributed by atoms with Crippen LogP contribution in [0.1, 0.15) is 26.9 Å². The van der Waals surface area contributed by atoms with E-state index in [-0.39, 0.29) is 17.7 Å². The smallest absolute Gasteiger partial charge is 0.259 e. The highest BCUT2D eigenvalue weighted by molar-refractivity contribution is 6.43. The first-order valence-corrected chi connectivity index (χ1v) is 12.9. The predicted octanol–water partition coefficient (Wildman–Crippen LogP) is 3.74. The number of aliphatic hydroxyl groups is 2. The molecule has 3 aromatic carbocycles. The Bertz CT molecular complexity index is 1930. The fourth-order valence-electron chi connectivity index (χ4n) is 6.79. The van der Waals surface area contributed by atoms with Crippen molar-refractivity contribution in [3.63, 3.8) is 0 Å². The third kappa shape index (κ3) is 2.52.